The Labute approximate surface area is 184 Å². The number of hydrogen-bond donors (Lipinski definition) is 1. The van der Waals surface area contributed by atoms with Gasteiger partial charge in [0, 0.05) is 18.1 Å². The summed E-state index contributed by atoms with van der Waals surface area (Å²) in [6.07, 6.45) is 1.88. The average molecular weight is 431 g/mol. The molecule has 0 aromatic heterocycles. The number of benzene rings is 2. The first-order chi connectivity index (χ1) is 14.3. The number of nitrogens with one attached hydrogen (secondary N) is 1. The third kappa shape index (κ3) is 6.77. The summed E-state index contributed by atoms with van der Waals surface area (Å²) in [5.74, 6) is 0.204. The van der Waals surface area contributed by atoms with Gasteiger partial charge in [-0.3, -0.25) is 9.59 Å². The molecule has 2 aromatic carbocycles. The highest BCUT2D eigenvalue weighted by molar-refractivity contribution is 6.31. The molecule has 0 aliphatic carbocycles. The van der Waals surface area contributed by atoms with E-state index in [-0.39, 0.29) is 25.0 Å². The lowest BCUT2D eigenvalue weighted by Gasteiger charge is -2.29. The Kier molecular flexibility index (Phi) is 9.18. The molecule has 6 heteroatoms. The van der Waals surface area contributed by atoms with Gasteiger partial charge < -0.3 is 15.0 Å². The number of nitrogens with zero attached hydrogens (tertiary/aromatic N) is 1. The molecule has 0 saturated heterocycles. The van der Waals surface area contributed by atoms with Crippen molar-refractivity contribution in [2.45, 2.75) is 53.1 Å². The van der Waals surface area contributed by atoms with Gasteiger partial charge >= 0.3 is 0 Å². The molecule has 5 nitrogen and oxygen atoms in total. The molecule has 2 rings (SSSR count). The molecule has 30 heavy (non-hydrogen) atoms. The van der Waals surface area contributed by atoms with E-state index in [1.54, 1.807) is 13.0 Å². The van der Waals surface area contributed by atoms with Gasteiger partial charge in [0.1, 0.15) is 11.8 Å². The fourth-order valence-electron chi connectivity index (χ4n) is 3.11. The molecule has 0 aliphatic rings. The summed E-state index contributed by atoms with van der Waals surface area (Å²) in [6.45, 7) is 8.41. The van der Waals surface area contributed by atoms with Crippen LogP contribution >= 0.6 is 11.6 Å². The van der Waals surface area contributed by atoms with Gasteiger partial charge in [-0.25, -0.2) is 0 Å². The first-order valence-corrected chi connectivity index (χ1v) is 10.7. The third-order valence-corrected chi connectivity index (χ3v) is 5.35. The molecule has 1 atom stereocenters. The number of carbonyl (C=O) groups is 2. The molecule has 0 aliphatic heterocycles. The van der Waals surface area contributed by atoms with E-state index in [9.17, 15) is 9.59 Å². The van der Waals surface area contributed by atoms with Crippen molar-refractivity contribution in [3.8, 4) is 5.75 Å². The summed E-state index contributed by atoms with van der Waals surface area (Å²) in [5, 5.41) is 3.46. The number of rotatable bonds is 10. The summed E-state index contributed by atoms with van der Waals surface area (Å²) in [5.41, 5.74) is 2.88. The Morgan fingerprint density at radius 1 is 1.17 bits per heavy atom. The van der Waals surface area contributed by atoms with E-state index in [0.29, 0.717) is 17.3 Å². The molecule has 1 N–H and O–H groups in total. The maximum Gasteiger partial charge on any atom is 0.261 e. The Morgan fingerprint density at radius 2 is 1.90 bits per heavy atom. The van der Waals surface area contributed by atoms with Crippen LogP contribution in [0.15, 0.2) is 42.5 Å². The highest BCUT2D eigenvalue weighted by Gasteiger charge is 2.27. The van der Waals surface area contributed by atoms with Crippen LogP contribution in [-0.4, -0.2) is 35.9 Å². The lowest BCUT2D eigenvalue weighted by molar-refractivity contribution is -0.142. The van der Waals surface area contributed by atoms with Crippen molar-refractivity contribution < 1.29 is 14.3 Å². The number of ether oxygens (including phenoxy) is 1. The zero-order valence-electron chi connectivity index (χ0n) is 18.2. The lowest BCUT2D eigenvalue weighted by atomic mass is 10.1. The minimum Gasteiger partial charge on any atom is -0.483 e. The van der Waals surface area contributed by atoms with Crippen LogP contribution in [0.3, 0.4) is 0 Å². The fourth-order valence-corrected chi connectivity index (χ4v) is 3.31. The van der Waals surface area contributed by atoms with Gasteiger partial charge in [0.25, 0.3) is 5.91 Å². The van der Waals surface area contributed by atoms with Gasteiger partial charge in [0.05, 0.1) is 0 Å². The van der Waals surface area contributed by atoms with Crippen molar-refractivity contribution in [3.63, 3.8) is 0 Å². The van der Waals surface area contributed by atoms with Gasteiger partial charge in [-0.15, -0.1) is 0 Å². The summed E-state index contributed by atoms with van der Waals surface area (Å²) in [7, 11) is 0. The van der Waals surface area contributed by atoms with Gasteiger partial charge in [-0.1, -0.05) is 60.8 Å². The highest BCUT2D eigenvalue weighted by atomic mass is 35.5. The Balaban J connectivity index is 2.15. The highest BCUT2D eigenvalue weighted by Crippen LogP contribution is 2.21. The van der Waals surface area contributed by atoms with Gasteiger partial charge in [-0.2, -0.15) is 0 Å². The standard InChI is InChI=1S/C24H31ClN2O3/c1-5-6-13-26-24(29)19(4)27(15-20-9-7-8-10-21(20)25)23(28)16-30-22-12-11-17(2)14-18(22)3/h7-12,14,19H,5-6,13,15-16H2,1-4H3,(H,26,29)/t19-/m1/s1. The van der Waals surface area contributed by atoms with Gasteiger partial charge in [-0.05, 0) is 50.5 Å². The average Bonchev–Trinajstić information content (AvgIpc) is 2.72. The topological polar surface area (TPSA) is 58.6 Å². The summed E-state index contributed by atoms with van der Waals surface area (Å²) >= 11 is 6.30. The monoisotopic (exact) mass is 430 g/mol. The van der Waals surface area contributed by atoms with E-state index in [1.807, 2.05) is 50.2 Å². The number of aryl methyl sites for hydroxylation is 2. The summed E-state index contributed by atoms with van der Waals surface area (Å²) in [4.78, 5) is 27.2. The smallest absolute Gasteiger partial charge is 0.261 e. The third-order valence-electron chi connectivity index (χ3n) is 4.98. The second kappa shape index (κ2) is 11.6. The normalized spacial score (nSPS) is 11.6. The van der Waals surface area contributed by atoms with Crippen LogP contribution in [0.4, 0.5) is 0 Å². The van der Waals surface area contributed by atoms with Crippen LogP contribution < -0.4 is 10.1 Å². The van der Waals surface area contributed by atoms with Crippen molar-refractivity contribution >= 4 is 23.4 Å². The van der Waals surface area contributed by atoms with Crippen LogP contribution in [0.5, 0.6) is 5.75 Å². The van der Waals surface area contributed by atoms with E-state index >= 15 is 0 Å². The summed E-state index contributed by atoms with van der Waals surface area (Å²) < 4.78 is 5.78. The van der Waals surface area contributed by atoms with E-state index in [4.69, 9.17) is 16.3 Å². The maximum absolute atomic E-state index is 13.1. The zero-order valence-corrected chi connectivity index (χ0v) is 19.0. The van der Waals surface area contributed by atoms with E-state index in [1.165, 1.54) is 4.90 Å². The van der Waals surface area contributed by atoms with Crippen LogP contribution in [0.25, 0.3) is 0 Å². The molecule has 0 unspecified atom stereocenters. The predicted octanol–water partition coefficient (Wildman–Crippen LogP) is 4.67. The molecule has 162 valence electrons. The van der Waals surface area contributed by atoms with Crippen molar-refractivity contribution in [2.24, 2.45) is 0 Å². The Bertz CT molecular complexity index is 869. The van der Waals surface area contributed by atoms with Crippen LogP contribution in [-0.2, 0) is 16.1 Å². The Hall–Kier alpha value is -2.53. The summed E-state index contributed by atoms with van der Waals surface area (Å²) in [6, 6.07) is 12.5. The van der Waals surface area contributed by atoms with Gasteiger partial charge in [0.2, 0.25) is 5.91 Å². The Morgan fingerprint density at radius 3 is 2.57 bits per heavy atom. The molecule has 2 aromatic rings. The van der Waals surface area contributed by atoms with E-state index < -0.39 is 6.04 Å². The van der Waals surface area contributed by atoms with E-state index in [0.717, 1.165) is 29.5 Å². The number of halogens is 1. The fraction of sp³-hybridized carbons (Fsp3) is 0.417. The van der Waals surface area contributed by atoms with Gasteiger partial charge in [0.15, 0.2) is 6.61 Å². The molecule has 0 heterocycles. The van der Waals surface area contributed by atoms with Crippen LogP contribution in [0.1, 0.15) is 43.4 Å². The lowest BCUT2D eigenvalue weighted by Crippen LogP contribution is -2.49. The minimum absolute atomic E-state index is 0.152. The van der Waals surface area contributed by atoms with Crippen LogP contribution in [0, 0.1) is 13.8 Å². The SMILES string of the molecule is CCCCNC(=O)[C@@H](C)N(Cc1ccccc1Cl)C(=O)COc1ccc(C)cc1C. The largest absolute Gasteiger partial charge is 0.483 e. The quantitative estimate of drug-likeness (QED) is 0.557. The van der Waals surface area contributed by atoms with Crippen molar-refractivity contribution in [1.82, 2.24) is 10.2 Å². The maximum atomic E-state index is 13.1. The first-order valence-electron chi connectivity index (χ1n) is 10.3. The first kappa shape index (κ1) is 23.7. The molecule has 0 bridgehead atoms. The molecule has 2 amide bonds. The minimum atomic E-state index is -0.645. The second-order valence-corrected chi connectivity index (χ2v) is 7.90. The number of amides is 2. The zero-order chi connectivity index (χ0) is 22.1. The van der Waals surface area contributed by atoms with E-state index in [2.05, 4.69) is 12.2 Å². The van der Waals surface area contributed by atoms with Crippen molar-refractivity contribution in [3.05, 3.63) is 64.2 Å². The number of carbonyl (C=O) groups excluding carboxylic acids is 2. The molecule has 0 radical (unpaired) electrons. The molecular formula is C24H31ClN2O3. The molecular weight excluding hydrogens is 400 g/mol. The molecule has 0 spiro atoms. The molecule has 0 saturated carbocycles. The molecule has 0 fully saturated rings. The predicted molar refractivity (Wildman–Crippen MR) is 121 cm³/mol. The second-order valence-electron chi connectivity index (χ2n) is 7.49. The van der Waals surface area contributed by atoms with Crippen molar-refractivity contribution in [1.29, 1.82) is 0 Å². The number of hydrogen-bond acceptors (Lipinski definition) is 3. The van der Waals surface area contributed by atoms with Crippen molar-refractivity contribution in [2.75, 3.05) is 13.2 Å². The number of unbranched alkanes of at least 4 members (excludes halogenated alkanes) is 1. The van der Waals surface area contributed by atoms with Crippen LogP contribution in [0.2, 0.25) is 5.02 Å².